The number of hydrogen-bond acceptors (Lipinski definition) is 3. The van der Waals surface area contributed by atoms with E-state index < -0.39 is 62.4 Å². The van der Waals surface area contributed by atoms with E-state index in [1.54, 1.807) is 13.8 Å². The van der Waals surface area contributed by atoms with Gasteiger partial charge in [0.15, 0.2) is 16.3 Å². The topological polar surface area (TPSA) is 73.2 Å². The highest BCUT2D eigenvalue weighted by Gasteiger charge is 2.44. The van der Waals surface area contributed by atoms with Gasteiger partial charge in [-0.05, 0) is 37.4 Å². The molecular weight excluding hydrogens is 369 g/mol. The summed E-state index contributed by atoms with van der Waals surface area (Å²) in [5.41, 5.74) is -4.88. The van der Waals surface area contributed by atoms with Crippen LogP contribution in [0.25, 0.3) is 0 Å². The molecular formula is C15H18F5NO3S. The molecule has 25 heavy (non-hydrogen) atoms. The van der Waals surface area contributed by atoms with Crippen LogP contribution < -0.4 is 0 Å². The number of carboxylic acid groups (broad SMARTS) is 1. The highest BCUT2D eigenvalue weighted by molar-refractivity contribution is 7.92. The summed E-state index contributed by atoms with van der Waals surface area (Å²) in [6.45, 7) is 6.04. The number of alkyl halides is 5. The Bertz CT molecular complexity index is 647. The number of halogens is 5. The van der Waals surface area contributed by atoms with Crippen LogP contribution in [0.15, 0.2) is 4.90 Å². The van der Waals surface area contributed by atoms with Crippen molar-refractivity contribution in [1.82, 2.24) is 4.98 Å². The van der Waals surface area contributed by atoms with Crippen molar-refractivity contribution in [2.75, 3.05) is 0 Å². The van der Waals surface area contributed by atoms with E-state index in [0.29, 0.717) is 0 Å². The number of aromatic carboxylic acids is 1. The van der Waals surface area contributed by atoms with Crippen LogP contribution in [0.4, 0.5) is 22.0 Å². The maximum absolute atomic E-state index is 13.4. The molecule has 0 saturated carbocycles. The van der Waals surface area contributed by atoms with Crippen LogP contribution in [0.3, 0.4) is 0 Å². The van der Waals surface area contributed by atoms with Gasteiger partial charge >= 0.3 is 12.1 Å². The summed E-state index contributed by atoms with van der Waals surface area (Å²) in [5, 5.41) is 8.57. The minimum atomic E-state index is -5.24. The standard InChI is InChI=1S/C15H18F5NO3S/c1-6(2)5-8-9(14(22)23)12(15(18,19)20)21-10(13(16)17)11(8)25(24)7(3)4/h6-7,13H,5H2,1-4H3,(H,22,23). The first-order valence-electron chi connectivity index (χ1n) is 7.34. The lowest BCUT2D eigenvalue weighted by Crippen LogP contribution is -2.26. The number of aromatic nitrogens is 1. The van der Waals surface area contributed by atoms with Crippen molar-refractivity contribution in [3.63, 3.8) is 0 Å². The Morgan fingerprint density at radius 2 is 1.76 bits per heavy atom. The van der Waals surface area contributed by atoms with Gasteiger partial charge in [-0.1, -0.05) is 13.8 Å². The van der Waals surface area contributed by atoms with Crippen LogP contribution in [0.5, 0.6) is 0 Å². The van der Waals surface area contributed by atoms with E-state index in [0.717, 1.165) is 0 Å². The van der Waals surface area contributed by atoms with Gasteiger partial charge in [0.1, 0.15) is 5.25 Å². The van der Waals surface area contributed by atoms with Crippen LogP contribution in [0, 0.1) is 5.92 Å². The molecule has 1 aromatic rings. The number of carboxylic acids is 1. The van der Waals surface area contributed by atoms with Gasteiger partial charge < -0.3 is 9.66 Å². The summed E-state index contributed by atoms with van der Waals surface area (Å²) >= 11 is -2.13. The molecule has 1 aromatic heterocycles. The molecule has 0 aliphatic carbocycles. The lowest BCUT2D eigenvalue weighted by molar-refractivity contribution is -0.142. The van der Waals surface area contributed by atoms with Crippen LogP contribution in [-0.4, -0.2) is 25.9 Å². The largest absolute Gasteiger partial charge is 0.611 e. The third kappa shape index (κ3) is 4.81. The van der Waals surface area contributed by atoms with Crippen molar-refractivity contribution in [2.45, 2.75) is 56.9 Å². The van der Waals surface area contributed by atoms with Gasteiger partial charge in [-0.2, -0.15) is 13.2 Å². The Hall–Kier alpha value is -1.42. The molecule has 4 nitrogen and oxygen atoms in total. The highest BCUT2D eigenvalue weighted by atomic mass is 32.2. The molecule has 0 spiro atoms. The Morgan fingerprint density at radius 3 is 2.08 bits per heavy atom. The van der Waals surface area contributed by atoms with Gasteiger partial charge in [0.2, 0.25) is 0 Å². The second-order valence-electron chi connectivity index (χ2n) is 6.08. The molecule has 1 unspecified atom stereocenters. The summed E-state index contributed by atoms with van der Waals surface area (Å²) in [6, 6.07) is 0. The quantitative estimate of drug-likeness (QED) is 0.578. The molecule has 1 N–H and O–H groups in total. The van der Waals surface area contributed by atoms with Crippen LogP contribution >= 0.6 is 0 Å². The maximum atomic E-state index is 13.4. The van der Waals surface area contributed by atoms with Crippen LogP contribution in [-0.2, 0) is 23.8 Å². The summed E-state index contributed by atoms with van der Waals surface area (Å²) < 4.78 is 78.8. The zero-order chi connectivity index (χ0) is 19.7. The third-order valence-corrected chi connectivity index (χ3v) is 4.92. The number of rotatable bonds is 6. The maximum Gasteiger partial charge on any atom is 0.434 e. The SMILES string of the molecule is CC(C)Cc1c(C(=O)O)c(C(F)(F)F)nc(C(F)F)c1[S+]([O-])C(C)C. The fourth-order valence-electron chi connectivity index (χ4n) is 2.28. The summed E-state index contributed by atoms with van der Waals surface area (Å²) in [6.07, 6.45) is -8.91. The van der Waals surface area contributed by atoms with Gasteiger partial charge in [-0.3, -0.25) is 0 Å². The fourth-order valence-corrected chi connectivity index (χ4v) is 3.53. The Balaban J connectivity index is 4.03. The van der Waals surface area contributed by atoms with E-state index >= 15 is 0 Å². The molecule has 10 heteroatoms. The molecule has 0 aromatic carbocycles. The minimum absolute atomic E-state index is 0.249. The Morgan fingerprint density at radius 1 is 1.24 bits per heavy atom. The molecule has 0 bridgehead atoms. The van der Waals surface area contributed by atoms with Crippen molar-refractivity contribution in [2.24, 2.45) is 5.92 Å². The smallest absolute Gasteiger partial charge is 0.434 e. The van der Waals surface area contributed by atoms with Gasteiger partial charge in [0.05, 0.1) is 5.56 Å². The van der Waals surface area contributed by atoms with Gasteiger partial charge in [-0.25, -0.2) is 18.6 Å². The molecule has 0 radical (unpaired) electrons. The van der Waals surface area contributed by atoms with E-state index in [9.17, 15) is 36.4 Å². The number of carbonyl (C=O) groups is 1. The van der Waals surface area contributed by atoms with Crippen LogP contribution in [0.2, 0.25) is 0 Å². The summed E-state index contributed by atoms with van der Waals surface area (Å²) in [7, 11) is 0. The first-order chi connectivity index (χ1) is 11.3. The monoisotopic (exact) mass is 387 g/mol. The predicted molar refractivity (Wildman–Crippen MR) is 81.2 cm³/mol. The Labute approximate surface area is 144 Å². The van der Waals surface area contributed by atoms with Crippen molar-refractivity contribution in [1.29, 1.82) is 0 Å². The van der Waals surface area contributed by atoms with Gasteiger partial charge in [-0.15, -0.1) is 0 Å². The van der Waals surface area contributed by atoms with E-state index in [-0.39, 0.29) is 12.3 Å². The fraction of sp³-hybridized carbons (Fsp3) is 0.600. The van der Waals surface area contributed by atoms with E-state index in [4.69, 9.17) is 0 Å². The number of nitrogens with zero attached hydrogens (tertiary/aromatic N) is 1. The molecule has 1 atom stereocenters. The average molecular weight is 387 g/mol. The number of pyridine rings is 1. The average Bonchev–Trinajstić information content (AvgIpc) is 2.42. The summed E-state index contributed by atoms with van der Waals surface area (Å²) in [4.78, 5) is 13.8. The number of hydrogen-bond donors (Lipinski definition) is 1. The molecule has 142 valence electrons. The van der Waals surface area contributed by atoms with Gasteiger partial charge in [0, 0.05) is 5.56 Å². The molecule has 0 aliphatic heterocycles. The molecule has 0 amide bonds. The molecule has 0 fully saturated rings. The first-order valence-corrected chi connectivity index (χ1v) is 8.56. The van der Waals surface area contributed by atoms with E-state index in [2.05, 4.69) is 4.98 Å². The first kappa shape index (κ1) is 21.6. The van der Waals surface area contributed by atoms with Crippen molar-refractivity contribution < 1.29 is 36.4 Å². The van der Waals surface area contributed by atoms with E-state index in [1.165, 1.54) is 13.8 Å². The second-order valence-corrected chi connectivity index (χ2v) is 8.02. The van der Waals surface area contributed by atoms with Crippen LogP contribution in [0.1, 0.15) is 61.4 Å². The summed E-state index contributed by atoms with van der Waals surface area (Å²) in [5.74, 6) is -2.30. The second kappa shape index (κ2) is 7.86. The highest BCUT2D eigenvalue weighted by Crippen LogP contribution is 2.40. The van der Waals surface area contributed by atoms with Crippen molar-refractivity contribution >= 4 is 17.1 Å². The molecule has 1 heterocycles. The zero-order valence-electron chi connectivity index (χ0n) is 13.9. The van der Waals surface area contributed by atoms with Crippen molar-refractivity contribution in [3.8, 4) is 0 Å². The third-order valence-electron chi connectivity index (χ3n) is 3.21. The minimum Gasteiger partial charge on any atom is -0.611 e. The lowest BCUT2D eigenvalue weighted by Gasteiger charge is -2.24. The Kier molecular flexibility index (Phi) is 6.80. The van der Waals surface area contributed by atoms with Gasteiger partial charge in [0.25, 0.3) is 6.43 Å². The predicted octanol–water partition coefficient (Wildman–Crippen LogP) is 4.45. The molecule has 0 saturated heterocycles. The van der Waals surface area contributed by atoms with Crippen molar-refractivity contribution in [3.05, 3.63) is 22.5 Å². The molecule has 1 rings (SSSR count). The zero-order valence-corrected chi connectivity index (χ0v) is 14.8. The van der Waals surface area contributed by atoms with E-state index in [1.807, 2.05) is 0 Å². The lowest BCUT2D eigenvalue weighted by atomic mass is 9.96. The normalized spacial score (nSPS) is 13.8. The molecule has 0 aliphatic rings.